The summed E-state index contributed by atoms with van der Waals surface area (Å²) < 4.78 is 0. The summed E-state index contributed by atoms with van der Waals surface area (Å²) in [4.78, 5) is 7.75. The number of hydrogen-bond donors (Lipinski definition) is 2. The quantitative estimate of drug-likeness (QED) is 0.894. The molecule has 1 fully saturated rings. The molecular weight excluding hydrogens is 248 g/mol. The van der Waals surface area contributed by atoms with E-state index in [1.807, 2.05) is 30.5 Å². The average Bonchev–Trinajstić information content (AvgIpc) is 3.17. The van der Waals surface area contributed by atoms with Crippen LogP contribution in [0.2, 0.25) is 0 Å². The highest BCUT2D eigenvalue weighted by molar-refractivity contribution is 5.59. The summed E-state index contributed by atoms with van der Waals surface area (Å²) in [6.07, 6.45) is 7.10. The maximum Gasteiger partial charge on any atom is 0.120 e. The lowest BCUT2D eigenvalue weighted by Crippen LogP contribution is -2.25. The van der Waals surface area contributed by atoms with E-state index in [1.165, 1.54) is 25.7 Å². The Morgan fingerprint density at radius 3 is 2.70 bits per heavy atom. The summed E-state index contributed by atoms with van der Waals surface area (Å²) >= 11 is 0. The van der Waals surface area contributed by atoms with Crippen molar-refractivity contribution in [3.05, 3.63) is 41.9 Å². The fraction of sp³-hybridized carbons (Fsp3) is 0.375. The third-order valence-corrected chi connectivity index (χ3v) is 3.87. The fourth-order valence-corrected chi connectivity index (χ4v) is 2.69. The van der Waals surface area contributed by atoms with Crippen LogP contribution in [0.4, 0.5) is 0 Å². The molecule has 3 rings (SSSR count). The molecule has 102 valence electrons. The number of nitrogens with one attached hydrogen (secondary N) is 2. The van der Waals surface area contributed by atoms with Crippen molar-refractivity contribution in [3.63, 3.8) is 0 Å². The molecule has 0 saturated heterocycles. The lowest BCUT2D eigenvalue weighted by atomic mass is 10.1. The van der Waals surface area contributed by atoms with Crippen LogP contribution < -0.4 is 5.32 Å². The van der Waals surface area contributed by atoms with Gasteiger partial charge in [0, 0.05) is 6.04 Å². The molecule has 2 aromatic rings. The molecule has 2 N–H and O–H groups in total. The van der Waals surface area contributed by atoms with E-state index < -0.39 is 0 Å². The van der Waals surface area contributed by atoms with Gasteiger partial charge < -0.3 is 10.3 Å². The highest BCUT2D eigenvalue weighted by Crippen LogP contribution is 2.19. The zero-order valence-corrected chi connectivity index (χ0v) is 11.4. The van der Waals surface area contributed by atoms with Crippen LogP contribution in [-0.4, -0.2) is 16.0 Å². The van der Waals surface area contributed by atoms with Gasteiger partial charge in [-0.3, -0.25) is 0 Å². The fourth-order valence-electron chi connectivity index (χ4n) is 2.69. The molecule has 4 heteroatoms. The molecule has 0 amide bonds. The first-order valence-corrected chi connectivity index (χ1v) is 7.13. The van der Waals surface area contributed by atoms with Gasteiger partial charge in [-0.05, 0) is 30.5 Å². The van der Waals surface area contributed by atoms with E-state index in [-0.39, 0.29) is 0 Å². The van der Waals surface area contributed by atoms with Crippen molar-refractivity contribution < 1.29 is 0 Å². The second-order valence-corrected chi connectivity index (χ2v) is 5.30. The van der Waals surface area contributed by atoms with Gasteiger partial charge in [-0.25, -0.2) is 4.98 Å². The van der Waals surface area contributed by atoms with Crippen molar-refractivity contribution in [2.45, 2.75) is 38.3 Å². The first-order valence-electron chi connectivity index (χ1n) is 7.13. The summed E-state index contributed by atoms with van der Waals surface area (Å²) in [5.74, 6) is 0.969. The predicted molar refractivity (Wildman–Crippen MR) is 77.8 cm³/mol. The summed E-state index contributed by atoms with van der Waals surface area (Å²) in [5.41, 5.74) is 2.73. The van der Waals surface area contributed by atoms with E-state index in [0.29, 0.717) is 11.6 Å². The first-order chi connectivity index (χ1) is 9.85. The van der Waals surface area contributed by atoms with E-state index in [4.69, 9.17) is 5.26 Å². The smallest absolute Gasteiger partial charge is 0.120 e. The van der Waals surface area contributed by atoms with Crippen LogP contribution in [-0.2, 0) is 6.54 Å². The van der Waals surface area contributed by atoms with Crippen molar-refractivity contribution in [3.8, 4) is 17.3 Å². The Morgan fingerprint density at radius 2 is 2.00 bits per heavy atom. The van der Waals surface area contributed by atoms with Crippen molar-refractivity contribution in [1.29, 1.82) is 5.26 Å². The number of aromatic amines is 1. The Hall–Kier alpha value is -2.12. The Labute approximate surface area is 118 Å². The number of benzene rings is 1. The normalized spacial score (nSPS) is 15.3. The Bertz CT molecular complexity index is 600. The average molecular weight is 266 g/mol. The van der Waals surface area contributed by atoms with Gasteiger partial charge in [-0.15, -0.1) is 0 Å². The molecule has 0 radical (unpaired) electrons. The van der Waals surface area contributed by atoms with Gasteiger partial charge in [0.05, 0.1) is 30.1 Å². The van der Waals surface area contributed by atoms with Crippen LogP contribution in [0, 0.1) is 11.3 Å². The number of hydrogen-bond acceptors (Lipinski definition) is 3. The second kappa shape index (κ2) is 5.89. The molecule has 0 bridgehead atoms. The van der Waals surface area contributed by atoms with E-state index >= 15 is 0 Å². The van der Waals surface area contributed by atoms with E-state index in [0.717, 1.165) is 23.6 Å². The number of nitriles is 1. The van der Waals surface area contributed by atoms with Crippen LogP contribution in [0.25, 0.3) is 11.3 Å². The van der Waals surface area contributed by atoms with Gasteiger partial charge in [-0.1, -0.05) is 25.0 Å². The molecule has 1 aromatic carbocycles. The Kier molecular flexibility index (Phi) is 3.80. The molecule has 0 unspecified atom stereocenters. The molecule has 1 saturated carbocycles. The third-order valence-electron chi connectivity index (χ3n) is 3.87. The van der Waals surface area contributed by atoms with Crippen LogP contribution in [0.3, 0.4) is 0 Å². The van der Waals surface area contributed by atoms with Gasteiger partial charge in [0.2, 0.25) is 0 Å². The number of nitrogens with zero attached hydrogens (tertiary/aromatic N) is 2. The van der Waals surface area contributed by atoms with Gasteiger partial charge in [0.25, 0.3) is 0 Å². The molecule has 1 aliphatic carbocycles. The van der Waals surface area contributed by atoms with Crippen molar-refractivity contribution in [2.75, 3.05) is 0 Å². The number of aromatic nitrogens is 2. The van der Waals surface area contributed by atoms with Crippen LogP contribution in [0.15, 0.2) is 30.5 Å². The molecule has 20 heavy (non-hydrogen) atoms. The summed E-state index contributed by atoms with van der Waals surface area (Å²) in [5, 5.41) is 12.3. The summed E-state index contributed by atoms with van der Waals surface area (Å²) in [6, 6.07) is 10.3. The lowest BCUT2D eigenvalue weighted by molar-refractivity contribution is 0.515. The molecule has 1 aliphatic rings. The number of H-pyrrole nitrogens is 1. The zero-order valence-electron chi connectivity index (χ0n) is 11.4. The topological polar surface area (TPSA) is 64.5 Å². The molecule has 1 heterocycles. The highest BCUT2D eigenvalue weighted by atomic mass is 15.0. The van der Waals surface area contributed by atoms with Gasteiger partial charge >= 0.3 is 0 Å². The van der Waals surface area contributed by atoms with Crippen molar-refractivity contribution in [1.82, 2.24) is 15.3 Å². The number of rotatable bonds is 4. The molecule has 1 aromatic heterocycles. The van der Waals surface area contributed by atoms with E-state index in [1.54, 1.807) is 0 Å². The Morgan fingerprint density at radius 1 is 1.25 bits per heavy atom. The van der Waals surface area contributed by atoms with E-state index in [2.05, 4.69) is 21.4 Å². The Balaban J connectivity index is 1.64. The standard InChI is InChI=1S/C16H18N4/c17-9-12-5-7-13(8-6-12)15-10-19-16(20-15)11-18-14-3-1-2-4-14/h5-8,10,14,18H,1-4,11H2,(H,19,20). The van der Waals surface area contributed by atoms with Crippen LogP contribution >= 0.6 is 0 Å². The monoisotopic (exact) mass is 266 g/mol. The minimum Gasteiger partial charge on any atom is -0.341 e. The highest BCUT2D eigenvalue weighted by Gasteiger charge is 2.14. The van der Waals surface area contributed by atoms with E-state index in [9.17, 15) is 0 Å². The van der Waals surface area contributed by atoms with Gasteiger partial charge in [0.1, 0.15) is 5.82 Å². The predicted octanol–water partition coefficient (Wildman–Crippen LogP) is 2.98. The maximum atomic E-state index is 8.80. The minimum absolute atomic E-state index is 0.651. The molecular formula is C16H18N4. The maximum absolute atomic E-state index is 8.80. The lowest BCUT2D eigenvalue weighted by Gasteiger charge is -2.09. The summed E-state index contributed by atoms with van der Waals surface area (Å²) in [7, 11) is 0. The molecule has 0 spiro atoms. The number of imidazole rings is 1. The zero-order chi connectivity index (χ0) is 13.8. The SMILES string of the molecule is N#Cc1ccc(-c2cnc(CNC3CCCC3)[nH]2)cc1. The van der Waals surface area contributed by atoms with Crippen LogP contribution in [0.5, 0.6) is 0 Å². The third kappa shape index (κ3) is 2.89. The van der Waals surface area contributed by atoms with Crippen molar-refractivity contribution >= 4 is 0 Å². The molecule has 0 atom stereocenters. The largest absolute Gasteiger partial charge is 0.341 e. The van der Waals surface area contributed by atoms with Crippen LogP contribution in [0.1, 0.15) is 37.1 Å². The van der Waals surface area contributed by atoms with Gasteiger partial charge in [-0.2, -0.15) is 5.26 Å². The van der Waals surface area contributed by atoms with Crippen molar-refractivity contribution in [2.24, 2.45) is 0 Å². The second-order valence-electron chi connectivity index (χ2n) is 5.30. The molecule has 0 aliphatic heterocycles. The summed E-state index contributed by atoms with van der Waals surface area (Å²) in [6.45, 7) is 0.793. The molecule has 4 nitrogen and oxygen atoms in total. The van der Waals surface area contributed by atoms with Gasteiger partial charge in [0.15, 0.2) is 0 Å². The first kappa shape index (κ1) is 12.9. The minimum atomic E-state index is 0.651.